The summed E-state index contributed by atoms with van der Waals surface area (Å²) in [6.45, 7) is 5.06. The van der Waals surface area contributed by atoms with Crippen molar-refractivity contribution < 1.29 is 19.4 Å². The van der Waals surface area contributed by atoms with Crippen molar-refractivity contribution in [1.82, 2.24) is 4.90 Å². The summed E-state index contributed by atoms with van der Waals surface area (Å²) in [4.78, 5) is 27.1. The number of carbonyl (C=O) groups is 2. The fraction of sp³-hybridized carbons (Fsp3) is 0.600. The van der Waals surface area contributed by atoms with Gasteiger partial charge in [-0.3, -0.25) is 4.79 Å². The van der Waals surface area contributed by atoms with Gasteiger partial charge in [0.2, 0.25) is 0 Å². The van der Waals surface area contributed by atoms with Crippen molar-refractivity contribution in [2.75, 3.05) is 19.7 Å². The molecular formula is C15H21NO4S. The molecule has 1 saturated heterocycles. The highest BCUT2D eigenvalue weighted by Gasteiger charge is 2.30. The molecule has 0 saturated carbocycles. The summed E-state index contributed by atoms with van der Waals surface area (Å²) in [7, 11) is 0. The molecule has 2 heterocycles. The number of thiophene rings is 1. The van der Waals surface area contributed by atoms with Gasteiger partial charge in [-0.2, -0.15) is 0 Å². The molecule has 0 spiro atoms. The first-order valence-corrected chi connectivity index (χ1v) is 8.13. The minimum Gasteiger partial charge on any atom is -0.479 e. The Morgan fingerprint density at radius 2 is 2.24 bits per heavy atom. The van der Waals surface area contributed by atoms with Crippen molar-refractivity contribution in [2.24, 2.45) is 0 Å². The van der Waals surface area contributed by atoms with E-state index in [4.69, 9.17) is 9.84 Å². The Bertz CT molecular complexity index is 526. The highest BCUT2D eigenvalue weighted by Crippen LogP contribution is 2.26. The van der Waals surface area contributed by atoms with Gasteiger partial charge in [-0.25, -0.2) is 4.79 Å². The quantitative estimate of drug-likeness (QED) is 0.905. The van der Waals surface area contributed by atoms with E-state index in [2.05, 4.69) is 13.8 Å². The molecule has 116 valence electrons. The van der Waals surface area contributed by atoms with Crippen LogP contribution < -0.4 is 0 Å². The van der Waals surface area contributed by atoms with Gasteiger partial charge in [0.15, 0.2) is 6.10 Å². The lowest BCUT2D eigenvalue weighted by atomic mass is 10.1. The van der Waals surface area contributed by atoms with Crippen LogP contribution in [0, 0.1) is 0 Å². The summed E-state index contributed by atoms with van der Waals surface area (Å²) >= 11 is 1.54. The molecule has 5 nitrogen and oxygen atoms in total. The van der Waals surface area contributed by atoms with Gasteiger partial charge in [0, 0.05) is 11.4 Å². The third kappa shape index (κ3) is 3.63. The average molecular weight is 311 g/mol. The van der Waals surface area contributed by atoms with Crippen LogP contribution >= 0.6 is 11.3 Å². The van der Waals surface area contributed by atoms with E-state index in [0.29, 0.717) is 11.4 Å². The molecule has 1 atom stereocenters. The van der Waals surface area contributed by atoms with Gasteiger partial charge in [-0.05, 0) is 24.5 Å². The topological polar surface area (TPSA) is 66.8 Å². The molecule has 1 aromatic rings. The van der Waals surface area contributed by atoms with Crippen LogP contribution in [0.2, 0.25) is 0 Å². The smallest absolute Gasteiger partial charge is 0.334 e. The maximum Gasteiger partial charge on any atom is 0.334 e. The largest absolute Gasteiger partial charge is 0.479 e. The third-order valence-corrected chi connectivity index (χ3v) is 4.82. The Morgan fingerprint density at radius 1 is 1.48 bits per heavy atom. The Kier molecular flexibility index (Phi) is 5.36. The SMILES string of the molecule is CCCc1sc(C(=O)N2CCOC(C(=O)O)C2)cc1CC. The number of hydrogen-bond acceptors (Lipinski definition) is 4. The van der Waals surface area contributed by atoms with Gasteiger partial charge in [0.05, 0.1) is 18.0 Å². The van der Waals surface area contributed by atoms with E-state index in [9.17, 15) is 9.59 Å². The second-order valence-electron chi connectivity index (χ2n) is 5.11. The number of ether oxygens (including phenoxy) is 1. The van der Waals surface area contributed by atoms with Crippen LogP contribution in [0.25, 0.3) is 0 Å². The van der Waals surface area contributed by atoms with E-state index >= 15 is 0 Å². The maximum atomic E-state index is 12.5. The van der Waals surface area contributed by atoms with E-state index in [0.717, 1.165) is 19.3 Å². The van der Waals surface area contributed by atoms with Crippen molar-refractivity contribution in [1.29, 1.82) is 0 Å². The number of aliphatic carboxylic acids is 1. The number of carboxylic acids is 1. The van der Waals surface area contributed by atoms with Crippen LogP contribution in [-0.4, -0.2) is 47.7 Å². The number of carboxylic acid groups (broad SMARTS) is 1. The second-order valence-corrected chi connectivity index (χ2v) is 6.25. The lowest BCUT2D eigenvalue weighted by Gasteiger charge is -2.30. The van der Waals surface area contributed by atoms with Crippen LogP contribution in [0.5, 0.6) is 0 Å². The van der Waals surface area contributed by atoms with E-state index in [1.54, 1.807) is 16.2 Å². The number of nitrogens with zero attached hydrogens (tertiary/aromatic N) is 1. The monoisotopic (exact) mass is 311 g/mol. The highest BCUT2D eigenvalue weighted by atomic mass is 32.1. The highest BCUT2D eigenvalue weighted by molar-refractivity contribution is 7.14. The lowest BCUT2D eigenvalue weighted by Crippen LogP contribution is -2.48. The summed E-state index contributed by atoms with van der Waals surface area (Å²) < 4.78 is 5.15. The number of amides is 1. The molecule has 1 amide bonds. The zero-order chi connectivity index (χ0) is 15.4. The zero-order valence-corrected chi connectivity index (χ0v) is 13.2. The second kappa shape index (κ2) is 7.04. The fourth-order valence-electron chi connectivity index (χ4n) is 2.45. The van der Waals surface area contributed by atoms with Crippen LogP contribution in [0.3, 0.4) is 0 Å². The number of rotatable bonds is 5. The molecule has 1 fully saturated rings. The van der Waals surface area contributed by atoms with Crippen molar-refractivity contribution in [3.8, 4) is 0 Å². The van der Waals surface area contributed by atoms with Crippen LogP contribution in [0.1, 0.15) is 40.4 Å². The molecule has 0 aliphatic carbocycles. The van der Waals surface area contributed by atoms with Gasteiger partial charge in [0.1, 0.15) is 0 Å². The Labute approximate surface area is 128 Å². The maximum absolute atomic E-state index is 12.5. The number of morpholine rings is 1. The summed E-state index contributed by atoms with van der Waals surface area (Å²) in [5.74, 6) is -1.09. The molecule has 1 N–H and O–H groups in total. The van der Waals surface area contributed by atoms with Crippen molar-refractivity contribution in [3.63, 3.8) is 0 Å². The van der Waals surface area contributed by atoms with E-state index in [1.165, 1.54) is 10.4 Å². The molecule has 1 unspecified atom stereocenters. The molecule has 0 bridgehead atoms. The molecule has 1 aliphatic rings. The molecule has 1 aliphatic heterocycles. The normalized spacial score (nSPS) is 18.8. The first-order chi connectivity index (χ1) is 10.1. The standard InChI is InChI=1S/C15H21NO4S/c1-3-5-12-10(4-2)8-13(21-12)14(17)16-6-7-20-11(9-16)15(18)19/h8,11H,3-7,9H2,1-2H3,(H,18,19). The number of aryl methyl sites for hydroxylation is 2. The Morgan fingerprint density at radius 3 is 2.86 bits per heavy atom. The summed E-state index contributed by atoms with van der Waals surface area (Å²) in [6, 6.07) is 1.96. The number of carbonyl (C=O) groups excluding carboxylic acids is 1. The summed E-state index contributed by atoms with van der Waals surface area (Å²) in [5, 5.41) is 9.00. The van der Waals surface area contributed by atoms with Crippen molar-refractivity contribution in [2.45, 2.75) is 39.2 Å². The average Bonchev–Trinajstić information content (AvgIpc) is 2.90. The van der Waals surface area contributed by atoms with Crippen LogP contribution in [0.4, 0.5) is 0 Å². The Hall–Kier alpha value is -1.40. The molecule has 0 aromatic carbocycles. The van der Waals surface area contributed by atoms with Gasteiger partial charge in [-0.1, -0.05) is 20.3 Å². The minimum absolute atomic E-state index is 0.0772. The van der Waals surface area contributed by atoms with Crippen LogP contribution in [0.15, 0.2) is 6.07 Å². The Balaban J connectivity index is 2.13. The minimum atomic E-state index is -1.01. The molecule has 2 rings (SSSR count). The van der Waals surface area contributed by atoms with E-state index in [1.807, 2.05) is 6.07 Å². The van der Waals surface area contributed by atoms with E-state index < -0.39 is 12.1 Å². The third-order valence-electron chi connectivity index (χ3n) is 3.59. The molecule has 0 radical (unpaired) electrons. The van der Waals surface area contributed by atoms with Crippen LogP contribution in [-0.2, 0) is 22.4 Å². The molecule has 1 aromatic heterocycles. The molecular weight excluding hydrogens is 290 g/mol. The van der Waals surface area contributed by atoms with Gasteiger partial charge in [0.25, 0.3) is 5.91 Å². The lowest BCUT2D eigenvalue weighted by molar-refractivity contribution is -0.154. The van der Waals surface area contributed by atoms with Crippen molar-refractivity contribution >= 4 is 23.2 Å². The predicted molar refractivity (Wildman–Crippen MR) is 81.0 cm³/mol. The molecule has 6 heteroatoms. The first kappa shape index (κ1) is 16.0. The zero-order valence-electron chi connectivity index (χ0n) is 12.4. The van der Waals surface area contributed by atoms with E-state index in [-0.39, 0.29) is 19.1 Å². The van der Waals surface area contributed by atoms with Gasteiger partial charge < -0.3 is 14.7 Å². The predicted octanol–water partition coefficient (Wildman–Crippen LogP) is 2.19. The molecule has 21 heavy (non-hydrogen) atoms. The first-order valence-electron chi connectivity index (χ1n) is 7.32. The summed E-state index contributed by atoms with van der Waals surface area (Å²) in [6.07, 6.45) is 2.05. The fourth-order valence-corrected chi connectivity index (χ4v) is 3.77. The van der Waals surface area contributed by atoms with Gasteiger partial charge >= 0.3 is 5.97 Å². The van der Waals surface area contributed by atoms with Gasteiger partial charge in [-0.15, -0.1) is 11.3 Å². The van der Waals surface area contributed by atoms with Crippen molar-refractivity contribution in [3.05, 3.63) is 21.4 Å². The summed E-state index contributed by atoms with van der Waals surface area (Å²) in [5.41, 5.74) is 1.23. The number of hydrogen-bond donors (Lipinski definition) is 1.